The summed E-state index contributed by atoms with van der Waals surface area (Å²) >= 11 is 0. The Kier molecular flexibility index (Phi) is 10.9. The molecule has 0 radical (unpaired) electrons. The number of hydrogen-bond donors (Lipinski definition) is 3. The van der Waals surface area contributed by atoms with E-state index in [9.17, 15) is 29.1 Å². The van der Waals surface area contributed by atoms with Crippen LogP contribution >= 0.6 is 0 Å². The van der Waals surface area contributed by atoms with Crippen molar-refractivity contribution in [1.29, 1.82) is 0 Å². The van der Waals surface area contributed by atoms with E-state index in [1.165, 1.54) is 16.8 Å². The first-order valence-electron chi connectivity index (χ1n) is 16.0. The number of carbonyl (C=O) groups excluding carboxylic acids is 4. The van der Waals surface area contributed by atoms with E-state index in [0.29, 0.717) is 28.0 Å². The van der Waals surface area contributed by atoms with Gasteiger partial charge in [-0.3, -0.25) is 24.1 Å². The molecular formula is C35H39N7O8. The SMILES string of the molecule is COCn1nnc(CC[C@H](NC(=O)c2cccc3ccccc23)C(=O)N2c3ccccc3C[C@H]2C(=O)N[C@@H](CC(=O)OC(C)(C)C)C(=O)O)n1. The summed E-state index contributed by atoms with van der Waals surface area (Å²) in [4.78, 5) is 69.4. The topological polar surface area (TPSA) is 195 Å². The van der Waals surface area contributed by atoms with Crippen LogP contribution in [-0.2, 0) is 48.2 Å². The lowest BCUT2D eigenvalue weighted by atomic mass is 10.0. The fourth-order valence-corrected chi connectivity index (χ4v) is 5.79. The number of amides is 3. The number of aliphatic carboxylic acids is 1. The molecule has 0 saturated heterocycles. The zero-order chi connectivity index (χ0) is 36.0. The van der Waals surface area contributed by atoms with Crippen LogP contribution in [0.25, 0.3) is 10.8 Å². The Hall–Kier alpha value is -5.70. The molecule has 3 amide bonds. The Labute approximate surface area is 287 Å². The van der Waals surface area contributed by atoms with Gasteiger partial charge in [-0.1, -0.05) is 54.6 Å². The van der Waals surface area contributed by atoms with E-state index in [1.54, 1.807) is 57.2 Å². The highest BCUT2D eigenvalue weighted by atomic mass is 16.6. The standard InChI is InChI=1S/C35H39N7O8/c1-35(2,3)50-30(43)19-26(34(47)48)37-32(45)28-18-22-11-6-8-15-27(22)42(28)33(46)25(16-17-29-38-40-41(39-29)20-49-4)36-31(44)24-14-9-12-21-10-5-7-13-23(21)24/h5-15,25-26,28H,16-20H2,1-4H3,(H,36,44)(H,37,45)(H,47,48)/t25-,26-,28-/m0/s1. The Bertz CT molecular complexity index is 1900. The molecule has 5 rings (SSSR count). The first-order valence-corrected chi connectivity index (χ1v) is 16.0. The average Bonchev–Trinajstić information content (AvgIpc) is 3.69. The van der Waals surface area contributed by atoms with Gasteiger partial charge in [0.05, 0.1) is 6.42 Å². The zero-order valence-corrected chi connectivity index (χ0v) is 28.2. The number of esters is 1. The normalized spacial score (nSPS) is 15.2. The fourth-order valence-electron chi connectivity index (χ4n) is 5.79. The summed E-state index contributed by atoms with van der Waals surface area (Å²) < 4.78 is 10.3. The Balaban J connectivity index is 1.44. The lowest BCUT2D eigenvalue weighted by Crippen LogP contribution is -2.57. The van der Waals surface area contributed by atoms with E-state index in [1.807, 2.05) is 30.3 Å². The number of aromatic nitrogens is 4. The molecule has 1 aromatic heterocycles. The van der Waals surface area contributed by atoms with Crippen molar-refractivity contribution in [2.75, 3.05) is 12.0 Å². The molecule has 1 aliphatic heterocycles. The van der Waals surface area contributed by atoms with Crippen molar-refractivity contribution in [3.8, 4) is 0 Å². The van der Waals surface area contributed by atoms with Crippen molar-refractivity contribution < 1.29 is 38.6 Å². The van der Waals surface area contributed by atoms with Crippen molar-refractivity contribution >= 4 is 46.1 Å². The minimum atomic E-state index is -1.61. The third kappa shape index (κ3) is 8.47. The molecule has 50 heavy (non-hydrogen) atoms. The van der Waals surface area contributed by atoms with Crippen molar-refractivity contribution in [2.24, 2.45) is 0 Å². The largest absolute Gasteiger partial charge is 0.480 e. The van der Waals surface area contributed by atoms with E-state index < -0.39 is 59.8 Å². The van der Waals surface area contributed by atoms with Crippen molar-refractivity contribution in [1.82, 2.24) is 30.8 Å². The fraction of sp³-hybridized carbons (Fsp3) is 0.371. The van der Waals surface area contributed by atoms with Gasteiger partial charge in [0.2, 0.25) is 11.8 Å². The summed E-state index contributed by atoms with van der Waals surface area (Å²) in [6.45, 7) is 5.00. The molecule has 1 aliphatic rings. The number of rotatable bonds is 13. The maximum Gasteiger partial charge on any atom is 0.326 e. The smallest absolute Gasteiger partial charge is 0.326 e. The number of benzene rings is 3. The second-order valence-corrected chi connectivity index (χ2v) is 12.8. The van der Waals surface area contributed by atoms with Crippen LogP contribution in [0.15, 0.2) is 66.7 Å². The predicted octanol–water partition coefficient (Wildman–Crippen LogP) is 2.42. The van der Waals surface area contributed by atoms with Gasteiger partial charge in [-0.05, 0) is 60.9 Å². The van der Waals surface area contributed by atoms with Crippen LogP contribution in [0.2, 0.25) is 0 Å². The summed E-state index contributed by atoms with van der Waals surface area (Å²) in [6, 6.07) is 15.6. The molecule has 3 aromatic carbocycles. The van der Waals surface area contributed by atoms with Crippen molar-refractivity contribution in [2.45, 2.75) is 76.9 Å². The number of carboxylic acids is 1. The number of tetrazole rings is 1. The average molecular weight is 686 g/mol. The maximum absolute atomic E-state index is 14.6. The zero-order valence-electron chi connectivity index (χ0n) is 28.2. The summed E-state index contributed by atoms with van der Waals surface area (Å²) in [5.74, 6) is -3.83. The third-order valence-electron chi connectivity index (χ3n) is 7.95. The van der Waals surface area contributed by atoms with Gasteiger partial charge < -0.3 is 25.2 Å². The van der Waals surface area contributed by atoms with E-state index in [4.69, 9.17) is 9.47 Å². The van der Waals surface area contributed by atoms with E-state index >= 15 is 0 Å². The quantitative estimate of drug-likeness (QED) is 0.175. The number of methoxy groups -OCH3 is 1. The monoisotopic (exact) mass is 685 g/mol. The van der Waals surface area contributed by atoms with Gasteiger partial charge in [0.1, 0.15) is 23.7 Å². The molecule has 3 atom stereocenters. The second kappa shape index (κ2) is 15.2. The molecule has 0 fully saturated rings. The van der Waals surface area contributed by atoms with Crippen LogP contribution in [0.1, 0.15) is 55.4 Å². The van der Waals surface area contributed by atoms with Gasteiger partial charge in [-0.25, -0.2) is 4.79 Å². The van der Waals surface area contributed by atoms with Crippen LogP contribution < -0.4 is 15.5 Å². The number of fused-ring (bicyclic) bond motifs is 2. The van der Waals surface area contributed by atoms with Crippen molar-refractivity contribution in [3.63, 3.8) is 0 Å². The summed E-state index contributed by atoms with van der Waals surface area (Å²) in [5.41, 5.74) is 0.598. The molecule has 2 heterocycles. The highest BCUT2D eigenvalue weighted by Crippen LogP contribution is 2.33. The van der Waals surface area contributed by atoms with E-state index in [2.05, 4.69) is 26.0 Å². The molecule has 15 nitrogen and oxygen atoms in total. The number of aryl methyl sites for hydroxylation is 1. The third-order valence-corrected chi connectivity index (χ3v) is 7.95. The molecule has 15 heteroatoms. The van der Waals surface area contributed by atoms with Gasteiger partial charge >= 0.3 is 11.9 Å². The number of carboxylic acid groups (broad SMARTS) is 1. The molecule has 0 unspecified atom stereocenters. The van der Waals surface area contributed by atoms with Crippen LogP contribution in [0, 0.1) is 0 Å². The minimum Gasteiger partial charge on any atom is -0.480 e. The number of hydrogen-bond acceptors (Lipinski definition) is 10. The molecule has 0 aliphatic carbocycles. The molecule has 0 spiro atoms. The molecule has 4 aromatic rings. The molecule has 0 bridgehead atoms. The number of nitrogens with zero attached hydrogens (tertiary/aromatic N) is 5. The van der Waals surface area contributed by atoms with Gasteiger partial charge in [-0.2, -0.15) is 0 Å². The van der Waals surface area contributed by atoms with Crippen LogP contribution in [0.3, 0.4) is 0 Å². The van der Waals surface area contributed by atoms with Gasteiger partial charge in [0.15, 0.2) is 12.6 Å². The number of para-hydroxylation sites is 1. The molecule has 262 valence electrons. The van der Waals surface area contributed by atoms with Gasteiger partial charge in [0.25, 0.3) is 5.91 Å². The Morgan fingerprint density at radius 3 is 2.42 bits per heavy atom. The first kappa shape index (κ1) is 35.6. The Morgan fingerprint density at radius 1 is 0.960 bits per heavy atom. The highest BCUT2D eigenvalue weighted by molar-refractivity contribution is 6.11. The van der Waals surface area contributed by atoms with Gasteiger partial charge in [-0.15, -0.1) is 15.0 Å². The maximum atomic E-state index is 14.6. The second-order valence-electron chi connectivity index (χ2n) is 12.8. The van der Waals surface area contributed by atoms with E-state index in [-0.39, 0.29) is 26.0 Å². The molecular weight excluding hydrogens is 646 g/mol. The van der Waals surface area contributed by atoms with Crippen LogP contribution in [0.4, 0.5) is 5.69 Å². The lowest BCUT2D eigenvalue weighted by Gasteiger charge is -2.30. The Morgan fingerprint density at radius 2 is 1.68 bits per heavy atom. The van der Waals surface area contributed by atoms with Crippen molar-refractivity contribution in [3.05, 3.63) is 83.7 Å². The number of carbonyl (C=O) groups is 5. The number of ether oxygens (including phenoxy) is 2. The summed E-state index contributed by atoms with van der Waals surface area (Å²) in [7, 11) is 1.48. The summed E-state index contributed by atoms with van der Waals surface area (Å²) in [5, 5.41) is 28.9. The van der Waals surface area contributed by atoms with Crippen LogP contribution in [0.5, 0.6) is 0 Å². The summed E-state index contributed by atoms with van der Waals surface area (Å²) in [6.07, 6.45) is -0.369. The van der Waals surface area contributed by atoms with Gasteiger partial charge in [0, 0.05) is 31.2 Å². The highest BCUT2D eigenvalue weighted by Gasteiger charge is 2.42. The number of nitrogens with one attached hydrogen (secondary N) is 2. The lowest BCUT2D eigenvalue weighted by molar-refractivity contribution is -0.158. The predicted molar refractivity (Wildman–Crippen MR) is 180 cm³/mol. The van der Waals surface area contributed by atoms with E-state index in [0.717, 1.165) is 5.39 Å². The first-order chi connectivity index (χ1) is 23.8. The number of anilines is 1. The van der Waals surface area contributed by atoms with Crippen LogP contribution in [-0.4, -0.2) is 85.8 Å². The molecule has 0 saturated carbocycles. The molecule has 3 N–H and O–H groups in total. The minimum absolute atomic E-state index is 0.0391.